The summed E-state index contributed by atoms with van der Waals surface area (Å²) in [5.74, 6) is 0.0547. The van der Waals surface area contributed by atoms with E-state index in [0.717, 1.165) is 17.3 Å². The van der Waals surface area contributed by atoms with Crippen molar-refractivity contribution < 1.29 is 14.6 Å². The van der Waals surface area contributed by atoms with Gasteiger partial charge in [0.15, 0.2) is 16.7 Å². The molecule has 17 heavy (non-hydrogen) atoms. The molecule has 2 rings (SSSR count). The van der Waals surface area contributed by atoms with Crippen LogP contribution in [0.25, 0.3) is 6.08 Å². The molecule has 6 heteroatoms. The fraction of sp³-hybridized carbons (Fsp3) is 0.0909. The van der Waals surface area contributed by atoms with Crippen LogP contribution < -0.4 is 10.5 Å². The Bertz CT molecular complexity index is 538. The number of hydrogen-bond acceptors (Lipinski definition) is 5. The molecule has 1 aliphatic rings. The van der Waals surface area contributed by atoms with Crippen LogP contribution in [0.4, 0.5) is 0 Å². The number of methoxy groups -OCH3 is 1. The lowest BCUT2D eigenvalue weighted by atomic mass is 10.2. The first kappa shape index (κ1) is 11.5. The van der Waals surface area contributed by atoms with Gasteiger partial charge >= 0.3 is 0 Å². The van der Waals surface area contributed by atoms with Gasteiger partial charge in [0, 0.05) is 0 Å². The molecule has 0 saturated heterocycles. The van der Waals surface area contributed by atoms with Gasteiger partial charge < -0.3 is 15.6 Å². The van der Waals surface area contributed by atoms with E-state index in [1.54, 1.807) is 18.2 Å². The number of amidine groups is 1. The largest absolute Gasteiger partial charge is 0.504 e. The number of rotatable bonds is 2. The van der Waals surface area contributed by atoms with Crippen molar-refractivity contribution in [1.82, 2.24) is 0 Å². The molecular weight excluding hydrogens is 240 g/mol. The molecule has 1 aliphatic heterocycles. The van der Waals surface area contributed by atoms with Gasteiger partial charge in [-0.25, -0.2) is 0 Å². The van der Waals surface area contributed by atoms with Gasteiger partial charge in [0.25, 0.3) is 5.91 Å². The summed E-state index contributed by atoms with van der Waals surface area (Å²) in [4.78, 5) is 15.4. The summed E-state index contributed by atoms with van der Waals surface area (Å²) in [7, 11) is 1.46. The number of phenolic OH excluding ortho intramolecular Hbond substituents is 1. The molecule has 1 amide bonds. The van der Waals surface area contributed by atoms with Crippen molar-refractivity contribution in [3.8, 4) is 11.5 Å². The van der Waals surface area contributed by atoms with Crippen molar-refractivity contribution in [2.24, 2.45) is 10.7 Å². The fourth-order valence-electron chi connectivity index (χ4n) is 1.36. The van der Waals surface area contributed by atoms with E-state index in [0.29, 0.717) is 10.7 Å². The first-order valence-corrected chi connectivity index (χ1v) is 5.57. The van der Waals surface area contributed by atoms with Gasteiger partial charge in [-0.15, -0.1) is 0 Å². The van der Waals surface area contributed by atoms with E-state index in [9.17, 15) is 9.90 Å². The van der Waals surface area contributed by atoms with E-state index in [1.807, 2.05) is 0 Å². The average Bonchev–Trinajstić information content (AvgIpc) is 2.60. The molecule has 0 unspecified atom stereocenters. The molecule has 0 fully saturated rings. The zero-order valence-electron chi connectivity index (χ0n) is 9.01. The quantitative estimate of drug-likeness (QED) is 0.773. The number of aliphatic imine (C=N–C) groups is 1. The van der Waals surface area contributed by atoms with Crippen molar-refractivity contribution in [3.05, 3.63) is 28.7 Å². The lowest BCUT2D eigenvalue weighted by Gasteiger charge is -2.04. The minimum absolute atomic E-state index is 0.0517. The third kappa shape index (κ3) is 2.42. The van der Waals surface area contributed by atoms with Crippen LogP contribution in [0, 0.1) is 0 Å². The van der Waals surface area contributed by atoms with Gasteiger partial charge in [-0.2, -0.15) is 4.99 Å². The van der Waals surface area contributed by atoms with E-state index >= 15 is 0 Å². The van der Waals surface area contributed by atoms with Crippen molar-refractivity contribution in [2.45, 2.75) is 0 Å². The van der Waals surface area contributed by atoms with Crippen LogP contribution in [0.15, 0.2) is 28.1 Å². The Morgan fingerprint density at radius 1 is 1.53 bits per heavy atom. The zero-order valence-corrected chi connectivity index (χ0v) is 9.82. The maximum Gasteiger partial charge on any atom is 0.286 e. The van der Waals surface area contributed by atoms with Crippen molar-refractivity contribution in [2.75, 3.05) is 7.11 Å². The first-order valence-electron chi connectivity index (χ1n) is 4.75. The Hall–Kier alpha value is -1.95. The zero-order chi connectivity index (χ0) is 12.4. The van der Waals surface area contributed by atoms with Crippen LogP contribution in [0.2, 0.25) is 0 Å². The SMILES string of the molecule is COc1cc(C=C2SC(N)=NC2=O)ccc1O. The Balaban J connectivity index is 2.31. The summed E-state index contributed by atoms with van der Waals surface area (Å²) in [5, 5.41) is 9.67. The second-order valence-corrected chi connectivity index (χ2v) is 4.36. The summed E-state index contributed by atoms with van der Waals surface area (Å²) in [6.07, 6.45) is 1.65. The normalized spacial score (nSPS) is 17.4. The van der Waals surface area contributed by atoms with Crippen LogP contribution in [0.1, 0.15) is 5.56 Å². The number of phenols is 1. The summed E-state index contributed by atoms with van der Waals surface area (Å²) in [5.41, 5.74) is 6.17. The number of carbonyl (C=O) groups is 1. The van der Waals surface area contributed by atoms with E-state index in [2.05, 4.69) is 4.99 Å². The molecule has 0 atom stereocenters. The summed E-state index contributed by atoms with van der Waals surface area (Å²) in [6, 6.07) is 4.80. The molecule has 0 saturated carbocycles. The molecular formula is C11H10N2O3S. The van der Waals surface area contributed by atoms with Gasteiger partial charge in [0.05, 0.1) is 12.0 Å². The number of aromatic hydroxyl groups is 1. The number of nitrogens with two attached hydrogens (primary N) is 1. The second kappa shape index (κ2) is 4.50. The van der Waals surface area contributed by atoms with Crippen molar-refractivity contribution in [3.63, 3.8) is 0 Å². The van der Waals surface area contributed by atoms with Gasteiger partial charge in [0.2, 0.25) is 0 Å². The summed E-state index contributed by atoms with van der Waals surface area (Å²) in [6.45, 7) is 0. The highest BCUT2D eigenvalue weighted by Crippen LogP contribution is 2.30. The molecule has 5 nitrogen and oxygen atoms in total. The van der Waals surface area contributed by atoms with Gasteiger partial charge in [-0.1, -0.05) is 6.07 Å². The van der Waals surface area contributed by atoms with Crippen LogP contribution in [0.3, 0.4) is 0 Å². The molecule has 1 heterocycles. The minimum atomic E-state index is -0.348. The molecule has 0 bridgehead atoms. The first-order chi connectivity index (χ1) is 8.10. The molecule has 1 aromatic rings. The van der Waals surface area contributed by atoms with E-state index in [-0.39, 0.29) is 16.8 Å². The monoisotopic (exact) mass is 250 g/mol. The van der Waals surface area contributed by atoms with Crippen LogP contribution in [0.5, 0.6) is 11.5 Å². The lowest BCUT2D eigenvalue weighted by Crippen LogP contribution is -2.01. The molecule has 0 aliphatic carbocycles. The lowest BCUT2D eigenvalue weighted by molar-refractivity contribution is -0.113. The standard InChI is InChI=1S/C11H10N2O3S/c1-16-8-4-6(2-3-7(8)14)5-9-10(15)13-11(12)17-9/h2-5,14H,1H3,(H2,12,13,15). The number of thioether (sulfide) groups is 1. The van der Waals surface area contributed by atoms with Gasteiger partial charge in [0.1, 0.15) is 0 Å². The number of ether oxygens (including phenoxy) is 1. The van der Waals surface area contributed by atoms with Crippen LogP contribution in [-0.2, 0) is 4.79 Å². The highest BCUT2D eigenvalue weighted by Gasteiger charge is 2.19. The third-order valence-electron chi connectivity index (χ3n) is 2.14. The van der Waals surface area contributed by atoms with Crippen LogP contribution >= 0.6 is 11.8 Å². The Morgan fingerprint density at radius 3 is 2.88 bits per heavy atom. The Labute approximate surface area is 102 Å². The van der Waals surface area contributed by atoms with Gasteiger partial charge in [-0.3, -0.25) is 4.79 Å². The van der Waals surface area contributed by atoms with E-state index in [4.69, 9.17) is 10.5 Å². The Kier molecular flexibility index (Phi) is 3.06. The number of nitrogens with zero attached hydrogens (tertiary/aromatic N) is 1. The predicted octanol–water partition coefficient (Wildman–Crippen LogP) is 1.33. The molecule has 3 N–H and O–H groups in total. The van der Waals surface area contributed by atoms with E-state index in [1.165, 1.54) is 13.2 Å². The molecule has 88 valence electrons. The number of carbonyl (C=O) groups excluding carboxylic acids is 1. The highest BCUT2D eigenvalue weighted by atomic mass is 32.2. The maximum absolute atomic E-state index is 11.4. The second-order valence-electron chi connectivity index (χ2n) is 3.30. The number of benzene rings is 1. The maximum atomic E-state index is 11.4. The summed E-state index contributed by atoms with van der Waals surface area (Å²) < 4.78 is 4.97. The highest BCUT2D eigenvalue weighted by molar-refractivity contribution is 8.18. The van der Waals surface area contributed by atoms with Crippen molar-refractivity contribution >= 4 is 28.9 Å². The average molecular weight is 250 g/mol. The minimum Gasteiger partial charge on any atom is -0.504 e. The molecule has 1 aromatic carbocycles. The molecule has 0 aromatic heterocycles. The fourth-order valence-corrected chi connectivity index (χ4v) is 2.04. The Morgan fingerprint density at radius 2 is 2.29 bits per heavy atom. The predicted molar refractivity (Wildman–Crippen MR) is 66.9 cm³/mol. The van der Waals surface area contributed by atoms with Crippen LogP contribution in [-0.4, -0.2) is 23.3 Å². The van der Waals surface area contributed by atoms with Crippen molar-refractivity contribution in [1.29, 1.82) is 0 Å². The number of hydrogen-bond donors (Lipinski definition) is 2. The third-order valence-corrected chi connectivity index (χ3v) is 2.95. The van der Waals surface area contributed by atoms with E-state index < -0.39 is 0 Å². The molecule has 0 radical (unpaired) electrons. The molecule has 0 spiro atoms. The topological polar surface area (TPSA) is 84.9 Å². The summed E-state index contributed by atoms with van der Waals surface area (Å²) >= 11 is 1.12. The van der Waals surface area contributed by atoms with Gasteiger partial charge in [-0.05, 0) is 35.5 Å². The smallest absolute Gasteiger partial charge is 0.286 e. The number of amides is 1.